The summed E-state index contributed by atoms with van der Waals surface area (Å²) < 4.78 is 0. The quantitative estimate of drug-likeness (QED) is 0.768. The van der Waals surface area contributed by atoms with E-state index in [1.165, 1.54) is 37.7 Å². The zero-order valence-corrected chi connectivity index (χ0v) is 10.4. The van der Waals surface area contributed by atoms with Crippen LogP contribution in [0.25, 0.3) is 5.70 Å². The van der Waals surface area contributed by atoms with E-state index in [1.807, 2.05) is 13.0 Å². The number of hydroxylamine groups is 1. The van der Waals surface area contributed by atoms with E-state index in [2.05, 4.69) is 29.7 Å². The van der Waals surface area contributed by atoms with Crippen LogP contribution in [0.4, 0.5) is 0 Å². The van der Waals surface area contributed by atoms with Crippen molar-refractivity contribution in [2.24, 2.45) is 0 Å². The van der Waals surface area contributed by atoms with E-state index in [1.54, 1.807) is 0 Å². The van der Waals surface area contributed by atoms with Gasteiger partial charge in [-0.2, -0.15) is 0 Å². The van der Waals surface area contributed by atoms with Gasteiger partial charge in [-0.15, -0.1) is 0 Å². The molecule has 0 amide bonds. The molecule has 2 rings (SSSR count). The van der Waals surface area contributed by atoms with Gasteiger partial charge in [-0.05, 0) is 36.8 Å². The SMILES string of the molecule is C/C=C(/NO)c1ccc(C2CCCCC2)cc1. The Morgan fingerprint density at radius 1 is 1.18 bits per heavy atom. The Labute approximate surface area is 103 Å². The molecule has 1 aliphatic rings. The Morgan fingerprint density at radius 2 is 1.82 bits per heavy atom. The van der Waals surface area contributed by atoms with Crippen molar-refractivity contribution in [1.29, 1.82) is 0 Å². The molecule has 1 fully saturated rings. The monoisotopic (exact) mass is 231 g/mol. The second-order valence-corrected chi connectivity index (χ2v) is 4.77. The Kier molecular flexibility index (Phi) is 4.21. The molecule has 0 heterocycles. The van der Waals surface area contributed by atoms with Crippen molar-refractivity contribution in [3.05, 3.63) is 41.5 Å². The molecule has 0 bridgehead atoms. The summed E-state index contributed by atoms with van der Waals surface area (Å²) in [6.45, 7) is 1.91. The smallest absolute Gasteiger partial charge is 0.0631 e. The highest BCUT2D eigenvalue weighted by molar-refractivity contribution is 5.62. The molecule has 92 valence electrons. The summed E-state index contributed by atoms with van der Waals surface area (Å²) in [5, 5.41) is 8.98. The summed E-state index contributed by atoms with van der Waals surface area (Å²) >= 11 is 0. The molecule has 0 aliphatic heterocycles. The maximum absolute atomic E-state index is 8.98. The van der Waals surface area contributed by atoms with E-state index in [4.69, 9.17) is 5.21 Å². The van der Waals surface area contributed by atoms with Crippen LogP contribution in [0, 0.1) is 0 Å². The van der Waals surface area contributed by atoms with Crippen LogP contribution in [0.2, 0.25) is 0 Å². The third kappa shape index (κ3) is 2.89. The maximum atomic E-state index is 8.98. The summed E-state index contributed by atoms with van der Waals surface area (Å²) in [6.07, 6.45) is 8.65. The van der Waals surface area contributed by atoms with Crippen molar-refractivity contribution >= 4 is 5.70 Å². The van der Waals surface area contributed by atoms with Gasteiger partial charge >= 0.3 is 0 Å². The number of allylic oxidation sites excluding steroid dienone is 1. The zero-order valence-electron chi connectivity index (χ0n) is 10.4. The van der Waals surface area contributed by atoms with Crippen molar-refractivity contribution in [1.82, 2.24) is 5.48 Å². The van der Waals surface area contributed by atoms with E-state index in [-0.39, 0.29) is 0 Å². The summed E-state index contributed by atoms with van der Waals surface area (Å²) in [5.74, 6) is 0.744. The first-order chi connectivity index (χ1) is 8.35. The molecule has 1 aromatic rings. The van der Waals surface area contributed by atoms with Crippen LogP contribution < -0.4 is 5.48 Å². The van der Waals surface area contributed by atoms with E-state index < -0.39 is 0 Å². The van der Waals surface area contributed by atoms with Crippen molar-refractivity contribution in [3.63, 3.8) is 0 Å². The fourth-order valence-electron chi connectivity index (χ4n) is 2.67. The molecule has 0 saturated heterocycles. The van der Waals surface area contributed by atoms with Gasteiger partial charge in [-0.25, -0.2) is 0 Å². The topological polar surface area (TPSA) is 32.3 Å². The summed E-state index contributed by atoms with van der Waals surface area (Å²) in [4.78, 5) is 0. The standard InChI is InChI=1S/C15H21NO/c1-2-15(16-17)14-10-8-13(9-11-14)12-6-4-3-5-7-12/h2,8-12,16-17H,3-7H2,1H3/b15-2+. The summed E-state index contributed by atoms with van der Waals surface area (Å²) in [5.41, 5.74) is 5.47. The van der Waals surface area contributed by atoms with Crippen LogP contribution in [0.15, 0.2) is 30.3 Å². The van der Waals surface area contributed by atoms with E-state index >= 15 is 0 Å². The lowest BCUT2D eigenvalue weighted by Gasteiger charge is -2.22. The number of rotatable bonds is 3. The van der Waals surface area contributed by atoms with E-state index in [0.717, 1.165) is 17.2 Å². The van der Waals surface area contributed by atoms with Gasteiger partial charge in [0.05, 0.1) is 5.70 Å². The first-order valence-corrected chi connectivity index (χ1v) is 6.52. The third-order valence-electron chi connectivity index (χ3n) is 3.71. The summed E-state index contributed by atoms with van der Waals surface area (Å²) in [7, 11) is 0. The summed E-state index contributed by atoms with van der Waals surface area (Å²) in [6, 6.07) is 8.57. The van der Waals surface area contributed by atoms with E-state index in [0.29, 0.717) is 0 Å². The van der Waals surface area contributed by atoms with Crippen molar-refractivity contribution < 1.29 is 5.21 Å². The minimum absolute atomic E-state index is 0.744. The Balaban J connectivity index is 2.12. The average Bonchev–Trinajstić information content (AvgIpc) is 2.42. The highest BCUT2D eigenvalue weighted by Gasteiger charge is 2.15. The molecule has 2 heteroatoms. The Morgan fingerprint density at radius 3 is 2.35 bits per heavy atom. The largest absolute Gasteiger partial charge is 0.291 e. The molecule has 0 atom stereocenters. The molecule has 0 unspecified atom stereocenters. The van der Waals surface area contributed by atoms with Gasteiger partial charge in [0.2, 0.25) is 0 Å². The minimum atomic E-state index is 0.744. The molecule has 1 saturated carbocycles. The molecule has 0 spiro atoms. The van der Waals surface area contributed by atoms with Gasteiger partial charge < -0.3 is 0 Å². The number of benzene rings is 1. The van der Waals surface area contributed by atoms with Crippen molar-refractivity contribution in [2.75, 3.05) is 0 Å². The van der Waals surface area contributed by atoms with Crippen LogP contribution in [-0.2, 0) is 0 Å². The molecular weight excluding hydrogens is 210 g/mol. The molecular formula is C15H21NO. The van der Waals surface area contributed by atoms with Crippen LogP contribution in [0.3, 0.4) is 0 Å². The number of nitrogens with one attached hydrogen (secondary N) is 1. The van der Waals surface area contributed by atoms with Crippen molar-refractivity contribution in [3.8, 4) is 0 Å². The minimum Gasteiger partial charge on any atom is -0.291 e. The second kappa shape index (κ2) is 5.87. The van der Waals surface area contributed by atoms with Gasteiger partial charge in [-0.1, -0.05) is 49.6 Å². The number of hydrogen-bond donors (Lipinski definition) is 2. The van der Waals surface area contributed by atoms with Gasteiger partial charge in [0, 0.05) is 0 Å². The highest BCUT2D eigenvalue weighted by Crippen LogP contribution is 2.32. The molecule has 1 aliphatic carbocycles. The fourth-order valence-corrected chi connectivity index (χ4v) is 2.67. The maximum Gasteiger partial charge on any atom is 0.0631 e. The Bertz CT molecular complexity index is 374. The fraction of sp³-hybridized carbons (Fsp3) is 0.467. The number of hydrogen-bond acceptors (Lipinski definition) is 2. The lowest BCUT2D eigenvalue weighted by atomic mass is 9.84. The van der Waals surface area contributed by atoms with Gasteiger partial charge in [-0.3, -0.25) is 10.7 Å². The normalized spacial score (nSPS) is 18.1. The molecule has 1 aromatic carbocycles. The first-order valence-electron chi connectivity index (χ1n) is 6.52. The predicted molar refractivity (Wildman–Crippen MR) is 70.8 cm³/mol. The predicted octanol–water partition coefficient (Wildman–Crippen LogP) is 4.07. The second-order valence-electron chi connectivity index (χ2n) is 4.77. The lowest BCUT2D eigenvalue weighted by Crippen LogP contribution is -2.07. The van der Waals surface area contributed by atoms with Crippen LogP contribution in [0.5, 0.6) is 0 Å². The van der Waals surface area contributed by atoms with E-state index in [9.17, 15) is 0 Å². The van der Waals surface area contributed by atoms with Gasteiger partial charge in [0.15, 0.2) is 0 Å². The van der Waals surface area contributed by atoms with Gasteiger partial charge in [0.25, 0.3) is 0 Å². The highest BCUT2D eigenvalue weighted by atomic mass is 16.5. The first kappa shape index (κ1) is 12.2. The molecule has 0 radical (unpaired) electrons. The van der Waals surface area contributed by atoms with Crippen LogP contribution in [0.1, 0.15) is 56.1 Å². The third-order valence-corrected chi connectivity index (χ3v) is 3.71. The Hall–Kier alpha value is -1.28. The van der Waals surface area contributed by atoms with Crippen LogP contribution in [-0.4, -0.2) is 5.21 Å². The zero-order chi connectivity index (χ0) is 12.1. The molecule has 2 N–H and O–H groups in total. The average molecular weight is 231 g/mol. The molecule has 17 heavy (non-hydrogen) atoms. The molecule has 0 aromatic heterocycles. The van der Waals surface area contributed by atoms with Crippen molar-refractivity contribution in [2.45, 2.75) is 44.9 Å². The molecule has 2 nitrogen and oxygen atoms in total. The van der Waals surface area contributed by atoms with Gasteiger partial charge in [0.1, 0.15) is 0 Å². The van der Waals surface area contributed by atoms with Crippen LogP contribution >= 0.6 is 0 Å². The lowest BCUT2D eigenvalue weighted by molar-refractivity contribution is 0.224.